The highest BCUT2D eigenvalue weighted by molar-refractivity contribution is 7.11. The second kappa shape index (κ2) is 9.40. The molecule has 0 aliphatic rings. The molecule has 0 bridgehead atoms. The Balaban J connectivity index is 2.28. The maximum absolute atomic E-state index is 13.5. The van der Waals surface area contributed by atoms with Crippen LogP contribution in [0, 0.1) is 66.0 Å². The largest absolute Gasteiger partial charge is 0.234 e. The molecular formula is C24H8F2N6S2. The topological polar surface area (TPSA) is 121 Å². The van der Waals surface area contributed by atoms with Gasteiger partial charge >= 0.3 is 0 Å². The predicted octanol–water partition coefficient (Wildman–Crippen LogP) is 3.89. The summed E-state index contributed by atoms with van der Waals surface area (Å²) >= 11 is 2.11. The number of rotatable bonds is 2. The number of nitrogens with zero attached hydrogens (tertiary/aromatic N) is 6. The average molecular weight is 483 g/mol. The van der Waals surface area contributed by atoms with Gasteiger partial charge in [-0.1, -0.05) is 0 Å². The summed E-state index contributed by atoms with van der Waals surface area (Å²) in [5.41, 5.74) is 1.40. The molecule has 0 saturated heterocycles. The molecule has 0 saturated carbocycles. The third-order valence-corrected chi connectivity index (χ3v) is 6.88. The van der Waals surface area contributed by atoms with Crippen LogP contribution >= 0.6 is 22.7 Å². The summed E-state index contributed by atoms with van der Waals surface area (Å²) in [6, 6.07) is 18.3. The molecule has 0 radical (unpaired) electrons. The Morgan fingerprint density at radius 3 is 1.21 bits per heavy atom. The summed E-state index contributed by atoms with van der Waals surface area (Å²) < 4.78 is 28.4. The van der Waals surface area contributed by atoms with Crippen LogP contribution in [0.4, 0.5) is 8.78 Å². The maximum atomic E-state index is 13.5. The van der Waals surface area contributed by atoms with Gasteiger partial charge in [0.1, 0.15) is 45.2 Å². The van der Waals surface area contributed by atoms with Crippen molar-refractivity contribution >= 4 is 33.8 Å². The third-order valence-electron chi connectivity index (χ3n) is 4.57. The van der Waals surface area contributed by atoms with Crippen LogP contribution in [0.15, 0.2) is 48.5 Å². The van der Waals surface area contributed by atoms with E-state index in [1.54, 1.807) is 0 Å². The number of aromatic nitrogens is 2. The van der Waals surface area contributed by atoms with Gasteiger partial charge in [-0.15, -0.1) is 22.7 Å². The van der Waals surface area contributed by atoms with Gasteiger partial charge in [0, 0.05) is 11.1 Å². The zero-order valence-electron chi connectivity index (χ0n) is 16.9. The minimum atomic E-state index is -0.448. The molecule has 34 heavy (non-hydrogen) atoms. The van der Waals surface area contributed by atoms with Crippen LogP contribution in [0.1, 0.15) is 0 Å². The Morgan fingerprint density at radius 2 is 0.912 bits per heavy atom. The lowest BCUT2D eigenvalue weighted by Crippen LogP contribution is -2.01. The van der Waals surface area contributed by atoms with Crippen molar-refractivity contribution in [1.29, 1.82) is 21.0 Å². The first-order chi connectivity index (χ1) is 16.5. The summed E-state index contributed by atoms with van der Waals surface area (Å²) in [4.78, 5) is 8.94. The van der Waals surface area contributed by atoms with E-state index < -0.39 is 11.6 Å². The highest BCUT2D eigenvalue weighted by atomic mass is 32.1. The Morgan fingerprint density at radius 1 is 0.588 bits per heavy atom. The minimum Gasteiger partial charge on any atom is -0.234 e. The second-order valence-electron chi connectivity index (χ2n) is 6.60. The van der Waals surface area contributed by atoms with Gasteiger partial charge < -0.3 is 0 Å². The molecule has 6 nitrogen and oxygen atoms in total. The molecule has 0 aliphatic heterocycles. The highest BCUT2D eigenvalue weighted by Crippen LogP contribution is 2.26. The molecule has 160 valence electrons. The fourth-order valence-corrected chi connectivity index (χ4v) is 5.21. The smallest absolute Gasteiger partial charge is 0.165 e. The van der Waals surface area contributed by atoms with E-state index in [1.165, 1.54) is 48.5 Å². The zero-order chi connectivity index (χ0) is 24.2. The first-order valence-corrected chi connectivity index (χ1v) is 11.0. The van der Waals surface area contributed by atoms with Gasteiger partial charge in [-0.3, -0.25) is 0 Å². The average Bonchev–Trinajstić information content (AvgIpc) is 3.47. The number of hydrogen-bond donors (Lipinski definition) is 0. The SMILES string of the molecule is N#CC(C#N)=c1nc(-c2ccc(F)cc2)/c(=c2\sc(=C(C#N)C#N)nc2-c2ccc(F)cc2)s1. The van der Waals surface area contributed by atoms with Crippen LogP contribution in [0.5, 0.6) is 0 Å². The molecular weight excluding hydrogens is 474 g/mol. The van der Waals surface area contributed by atoms with E-state index in [0.29, 0.717) is 31.6 Å². The van der Waals surface area contributed by atoms with Gasteiger partial charge in [0.15, 0.2) is 11.1 Å². The first-order valence-electron chi connectivity index (χ1n) is 9.38. The Labute approximate surface area is 198 Å². The fourth-order valence-electron chi connectivity index (χ4n) is 3.01. The van der Waals surface area contributed by atoms with E-state index >= 15 is 0 Å². The van der Waals surface area contributed by atoms with Crippen molar-refractivity contribution in [3.63, 3.8) is 0 Å². The number of nitriles is 4. The van der Waals surface area contributed by atoms with Crippen molar-refractivity contribution in [1.82, 2.24) is 9.97 Å². The second-order valence-corrected chi connectivity index (χ2v) is 8.60. The lowest BCUT2D eigenvalue weighted by Gasteiger charge is -1.98. The van der Waals surface area contributed by atoms with E-state index in [2.05, 4.69) is 9.97 Å². The molecule has 0 atom stereocenters. The molecule has 0 spiro atoms. The van der Waals surface area contributed by atoms with Crippen molar-refractivity contribution in [3.8, 4) is 46.8 Å². The molecule has 2 aromatic heterocycles. The standard InChI is InChI=1S/C24H8F2N6S2/c25-17-5-1-13(2-6-17)19-21(33-23(31-19)15(9-27)10-28)22-20(14-3-7-18(26)8-4-14)32-24(34-22)16(11-29)12-30/h1-8H/b22-21+. The molecule has 0 fully saturated rings. The van der Waals surface area contributed by atoms with Crippen LogP contribution in [-0.4, -0.2) is 9.97 Å². The van der Waals surface area contributed by atoms with Gasteiger partial charge in [0.2, 0.25) is 0 Å². The summed E-state index contributed by atoms with van der Waals surface area (Å²) in [6.45, 7) is 0. The van der Waals surface area contributed by atoms with Crippen molar-refractivity contribution in [2.45, 2.75) is 0 Å². The van der Waals surface area contributed by atoms with Crippen molar-refractivity contribution < 1.29 is 8.78 Å². The molecule has 0 amide bonds. The van der Waals surface area contributed by atoms with E-state index in [4.69, 9.17) is 0 Å². The van der Waals surface area contributed by atoms with Crippen LogP contribution < -0.4 is 9.33 Å². The maximum Gasteiger partial charge on any atom is 0.165 e. The number of thiazole rings is 2. The van der Waals surface area contributed by atoms with E-state index in [1.807, 2.05) is 24.3 Å². The Hall–Kier alpha value is -4.74. The summed E-state index contributed by atoms with van der Waals surface area (Å²) in [7, 11) is 0. The molecule has 4 rings (SSSR count). The Kier molecular flexibility index (Phi) is 6.21. The molecule has 0 aliphatic carbocycles. The number of halogens is 2. The van der Waals surface area contributed by atoms with Gasteiger partial charge in [-0.2, -0.15) is 21.0 Å². The normalized spacial score (nSPS) is 11.0. The van der Waals surface area contributed by atoms with Crippen molar-refractivity contribution in [2.75, 3.05) is 0 Å². The molecule has 0 N–H and O–H groups in total. The van der Waals surface area contributed by atoms with Crippen LogP contribution in [0.2, 0.25) is 0 Å². The summed E-state index contributed by atoms with van der Waals surface area (Å²) in [6.07, 6.45) is 0. The van der Waals surface area contributed by atoms with Crippen LogP contribution in [-0.2, 0) is 0 Å². The lowest BCUT2D eigenvalue weighted by molar-refractivity contribution is 0.627. The van der Waals surface area contributed by atoms with Crippen LogP contribution in [0.3, 0.4) is 0 Å². The van der Waals surface area contributed by atoms with Gasteiger partial charge in [0.25, 0.3) is 0 Å². The van der Waals surface area contributed by atoms with Gasteiger partial charge in [-0.25, -0.2) is 18.7 Å². The molecule has 2 aromatic carbocycles. The lowest BCUT2D eigenvalue weighted by atomic mass is 10.1. The van der Waals surface area contributed by atoms with Crippen molar-refractivity contribution in [3.05, 3.63) is 78.6 Å². The predicted molar refractivity (Wildman–Crippen MR) is 121 cm³/mol. The van der Waals surface area contributed by atoms with Crippen molar-refractivity contribution in [2.24, 2.45) is 0 Å². The zero-order valence-corrected chi connectivity index (χ0v) is 18.5. The molecule has 2 heterocycles. The van der Waals surface area contributed by atoms with E-state index in [9.17, 15) is 29.8 Å². The molecule has 4 aromatic rings. The van der Waals surface area contributed by atoms with Gasteiger partial charge in [0.05, 0.1) is 20.5 Å². The van der Waals surface area contributed by atoms with E-state index in [0.717, 1.165) is 22.7 Å². The first kappa shape index (κ1) is 22.5. The molecule has 0 unspecified atom stereocenters. The summed E-state index contributed by atoms with van der Waals surface area (Å²) in [5, 5.41) is 37.4. The Bertz CT molecular complexity index is 1640. The third kappa shape index (κ3) is 4.16. The van der Waals surface area contributed by atoms with Gasteiger partial charge in [-0.05, 0) is 48.5 Å². The van der Waals surface area contributed by atoms with E-state index in [-0.39, 0.29) is 20.5 Å². The monoisotopic (exact) mass is 482 g/mol. The molecule has 10 heteroatoms. The quantitative estimate of drug-likeness (QED) is 0.427. The highest BCUT2D eigenvalue weighted by Gasteiger charge is 2.15. The van der Waals surface area contributed by atoms with Crippen LogP contribution in [0.25, 0.3) is 33.7 Å². The summed E-state index contributed by atoms with van der Waals surface area (Å²) in [5.74, 6) is -0.896. The fraction of sp³-hybridized carbons (Fsp3) is 0. The number of benzene rings is 2. The number of hydrogen-bond acceptors (Lipinski definition) is 8. The minimum absolute atomic E-state index is 0.157.